The Hall–Kier alpha value is -1.72. The van der Waals surface area contributed by atoms with Crippen LogP contribution in [0.2, 0.25) is 0 Å². The van der Waals surface area contributed by atoms with Crippen molar-refractivity contribution in [1.29, 1.82) is 0 Å². The van der Waals surface area contributed by atoms with E-state index in [4.69, 9.17) is 0 Å². The largest absolute Gasteiger partial charge is 0.477 e. The van der Waals surface area contributed by atoms with Gasteiger partial charge < -0.3 is 5.11 Å². The van der Waals surface area contributed by atoms with Crippen molar-refractivity contribution in [3.63, 3.8) is 0 Å². The Labute approximate surface area is 135 Å². The Kier molecular flexibility index (Phi) is 3.09. The first-order chi connectivity index (χ1) is 10.5. The molecule has 22 heavy (non-hydrogen) atoms. The Morgan fingerprint density at radius 3 is 2.09 bits per heavy atom. The second-order valence-electron chi connectivity index (χ2n) is 5.74. The number of aromatic carboxylic acids is 1. The summed E-state index contributed by atoms with van der Waals surface area (Å²) < 4.78 is 0. The highest BCUT2D eigenvalue weighted by molar-refractivity contribution is 7.15. The molecule has 2 aromatic rings. The third-order valence-corrected chi connectivity index (χ3v) is 6.72. The van der Waals surface area contributed by atoms with E-state index < -0.39 is 5.97 Å². The molecule has 0 fully saturated rings. The summed E-state index contributed by atoms with van der Waals surface area (Å²) in [6, 6.07) is 3.88. The molecule has 3 nitrogen and oxygen atoms in total. The normalized spacial score (nSPS) is 16.0. The molecule has 5 heteroatoms. The van der Waals surface area contributed by atoms with Gasteiger partial charge in [0.25, 0.3) is 0 Å². The third kappa shape index (κ3) is 2.00. The fourth-order valence-electron chi connectivity index (χ4n) is 3.39. The SMILES string of the molecule is CC(=O)c1cc2c(s1)Cc1sc(C(=O)O)cc1C1=C2CCC1. The summed E-state index contributed by atoms with van der Waals surface area (Å²) >= 11 is 2.94. The molecule has 2 aliphatic rings. The highest BCUT2D eigenvalue weighted by Crippen LogP contribution is 2.48. The minimum atomic E-state index is -0.853. The van der Waals surface area contributed by atoms with Crippen molar-refractivity contribution in [3.05, 3.63) is 42.8 Å². The lowest BCUT2D eigenvalue weighted by Crippen LogP contribution is -1.90. The molecule has 2 heterocycles. The monoisotopic (exact) mass is 330 g/mol. The van der Waals surface area contributed by atoms with E-state index in [1.165, 1.54) is 32.9 Å². The highest BCUT2D eigenvalue weighted by Gasteiger charge is 2.29. The van der Waals surface area contributed by atoms with Gasteiger partial charge in [0.2, 0.25) is 0 Å². The number of carboxylic acid groups (broad SMARTS) is 1. The van der Waals surface area contributed by atoms with Gasteiger partial charge in [0.15, 0.2) is 5.78 Å². The predicted octanol–water partition coefficient (Wildman–Crippen LogP) is 4.71. The van der Waals surface area contributed by atoms with Gasteiger partial charge in [0, 0.05) is 16.2 Å². The number of fused-ring (bicyclic) bond motifs is 4. The average molecular weight is 330 g/mol. The maximum absolute atomic E-state index is 11.7. The lowest BCUT2D eigenvalue weighted by Gasteiger charge is -2.03. The lowest BCUT2D eigenvalue weighted by molar-refractivity contribution is 0.0702. The molecule has 0 spiro atoms. The summed E-state index contributed by atoms with van der Waals surface area (Å²) in [5, 5.41) is 9.27. The lowest BCUT2D eigenvalue weighted by atomic mass is 10.0. The van der Waals surface area contributed by atoms with Crippen molar-refractivity contribution in [1.82, 2.24) is 0 Å². The number of hydrogen-bond acceptors (Lipinski definition) is 4. The van der Waals surface area contributed by atoms with Gasteiger partial charge in [-0.1, -0.05) is 0 Å². The van der Waals surface area contributed by atoms with Gasteiger partial charge in [-0.3, -0.25) is 4.79 Å². The number of Topliss-reactive ketones (excluding diaryl/α,β-unsaturated/α-hetero) is 1. The molecule has 4 rings (SSSR count). The Morgan fingerprint density at radius 2 is 1.55 bits per heavy atom. The first kappa shape index (κ1) is 13.9. The van der Waals surface area contributed by atoms with Crippen LogP contribution in [0.3, 0.4) is 0 Å². The molecular weight excluding hydrogens is 316 g/mol. The molecule has 0 amide bonds. The summed E-state index contributed by atoms with van der Waals surface area (Å²) in [5.74, 6) is -0.745. The summed E-state index contributed by atoms with van der Waals surface area (Å²) in [5.41, 5.74) is 4.98. The van der Waals surface area contributed by atoms with Crippen LogP contribution in [-0.2, 0) is 6.42 Å². The molecule has 0 aromatic carbocycles. The fourth-order valence-corrected chi connectivity index (χ4v) is 5.62. The zero-order valence-electron chi connectivity index (χ0n) is 12.1. The quantitative estimate of drug-likeness (QED) is 0.811. The van der Waals surface area contributed by atoms with Gasteiger partial charge >= 0.3 is 5.97 Å². The first-order valence-electron chi connectivity index (χ1n) is 7.27. The van der Waals surface area contributed by atoms with Crippen LogP contribution >= 0.6 is 22.7 Å². The summed E-state index contributed by atoms with van der Waals surface area (Å²) in [4.78, 5) is 26.5. The smallest absolute Gasteiger partial charge is 0.345 e. The van der Waals surface area contributed by atoms with Gasteiger partial charge in [-0.15, -0.1) is 22.7 Å². The number of carbonyl (C=O) groups is 2. The molecule has 1 N–H and O–H groups in total. The van der Waals surface area contributed by atoms with Crippen LogP contribution in [-0.4, -0.2) is 16.9 Å². The number of carbonyl (C=O) groups excluding carboxylic acids is 1. The maximum Gasteiger partial charge on any atom is 0.345 e. The molecule has 0 aliphatic heterocycles. The third-order valence-electron chi connectivity index (χ3n) is 4.36. The van der Waals surface area contributed by atoms with Crippen LogP contribution in [0.1, 0.15) is 66.4 Å². The van der Waals surface area contributed by atoms with E-state index in [1.807, 2.05) is 12.1 Å². The van der Waals surface area contributed by atoms with Crippen LogP contribution in [0.5, 0.6) is 0 Å². The Morgan fingerprint density at radius 1 is 1.00 bits per heavy atom. The number of hydrogen-bond donors (Lipinski definition) is 1. The van der Waals surface area contributed by atoms with Gasteiger partial charge in [-0.25, -0.2) is 4.79 Å². The molecule has 112 valence electrons. The number of rotatable bonds is 2. The van der Waals surface area contributed by atoms with Crippen molar-refractivity contribution in [3.8, 4) is 0 Å². The minimum Gasteiger partial charge on any atom is -0.477 e. The Bertz CT molecular complexity index is 783. The number of ketones is 1. The standard InChI is InChI=1S/C17H14O3S2/c1-8(18)13-5-11-9-3-2-4-10(9)12-6-16(17(19)20)22-15(12)7-14(11)21-13/h5-6H,2-4,7H2,1H3,(H,19,20). The maximum atomic E-state index is 11.7. The van der Waals surface area contributed by atoms with Crippen molar-refractivity contribution in [2.75, 3.05) is 0 Å². The number of allylic oxidation sites excluding steroid dienone is 2. The molecule has 0 atom stereocenters. The topological polar surface area (TPSA) is 54.4 Å². The van der Waals surface area contributed by atoms with Crippen LogP contribution < -0.4 is 0 Å². The van der Waals surface area contributed by atoms with Gasteiger partial charge in [-0.2, -0.15) is 0 Å². The molecule has 0 unspecified atom stereocenters. The van der Waals surface area contributed by atoms with Crippen molar-refractivity contribution in [2.24, 2.45) is 0 Å². The van der Waals surface area contributed by atoms with E-state index in [0.29, 0.717) is 4.88 Å². The second-order valence-corrected chi connectivity index (χ2v) is 8.02. The molecule has 0 saturated carbocycles. The Balaban J connectivity index is 1.94. The summed E-state index contributed by atoms with van der Waals surface area (Å²) in [7, 11) is 0. The van der Waals surface area contributed by atoms with E-state index in [-0.39, 0.29) is 5.78 Å². The predicted molar refractivity (Wildman–Crippen MR) is 89.1 cm³/mol. The van der Waals surface area contributed by atoms with Gasteiger partial charge in [0.1, 0.15) is 4.88 Å². The fraction of sp³-hybridized carbons (Fsp3) is 0.294. The molecule has 0 saturated heterocycles. The van der Waals surface area contributed by atoms with Crippen molar-refractivity contribution < 1.29 is 14.7 Å². The molecule has 0 radical (unpaired) electrons. The second kappa shape index (κ2) is 4.89. The van der Waals surface area contributed by atoms with Crippen LogP contribution in [0.4, 0.5) is 0 Å². The molecular formula is C17H14O3S2. The number of thiophene rings is 2. The van der Waals surface area contributed by atoms with E-state index >= 15 is 0 Å². The van der Waals surface area contributed by atoms with E-state index in [9.17, 15) is 14.7 Å². The molecule has 2 aromatic heterocycles. The van der Waals surface area contributed by atoms with E-state index in [0.717, 1.165) is 41.0 Å². The van der Waals surface area contributed by atoms with Crippen LogP contribution in [0.25, 0.3) is 11.1 Å². The van der Waals surface area contributed by atoms with Gasteiger partial charge in [0.05, 0.1) is 4.88 Å². The van der Waals surface area contributed by atoms with Crippen molar-refractivity contribution in [2.45, 2.75) is 32.6 Å². The zero-order valence-corrected chi connectivity index (χ0v) is 13.7. The zero-order chi connectivity index (χ0) is 15.4. The minimum absolute atomic E-state index is 0.107. The van der Waals surface area contributed by atoms with Crippen molar-refractivity contribution >= 4 is 45.6 Å². The molecule has 0 bridgehead atoms. The highest BCUT2D eigenvalue weighted by atomic mass is 32.1. The van der Waals surface area contributed by atoms with Crippen LogP contribution in [0.15, 0.2) is 12.1 Å². The van der Waals surface area contributed by atoms with Crippen LogP contribution in [0, 0.1) is 0 Å². The van der Waals surface area contributed by atoms with Gasteiger partial charge in [-0.05, 0) is 60.6 Å². The van der Waals surface area contributed by atoms with E-state index in [1.54, 1.807) is 18.3 Å². The average Bonchev–Trinajstić information content (AvgIpc) is 3.14. The summed E-state index contributed by atoms with van der Waals surface area (Å²) in [6.45, 7) is 1.61. The first-order valence-corrected chi connectivity index (χ1v) is 8.90. The molecule has 2 aliphatic carbocycles. The number of carboxylic acids is 1. The van der Waals surface area contributed by atoms with E-state index in [2.05, 4.69) is 0 Å². The summed E-state index contributed by atoms with van der Waals surface area (Å²) in [6.07, 6.45) is 3.87.